The summed E-state index contributed by atoms with van der Waals surface area (Å²) in [6.45, 7) is 4.12. The number of hydrogen-bond donors (Lipinski definition) is 3. The molecule has 0 aliphatic carbocycles. The molecule has 2 aromatic heterocycles. The molecule has 1 aliphatic rings. The van der Waals surface area contributed by atoms with Crippen LogP contribution in [0.1, 0.15) is 36.6 Å². The molecule has 0 saturated heterocycles. The Labute approximate surface area is 188 Å². The van der Waals surface area contributed by atoms with Crippen molar-refractivity contribution in [3.63, 3.8) is 0 Å². The molecule has 10 nitrogen and oxygen atoms in total. The van der Waals surface area contributed by atoms with E-state index in [0.29, 0.717) is 17.1 Å². The van der Waals surface area contributed by atoms with Crippen LogP contribution in [0.25, 0.3) is 11.4 Å². The fourth-order valence-corrected chi connectivity index (χ4v) is 4.05. The van der Waals surface area contributed by atoms with Gasteiger partial charge in [-0.15, -0.1) is 0 Å². The number of hydrogen-bond acceptors (Lipinski definition) is 6. The Balaban J connectivity index is 1.63. The Kier molecular flexibility index (Phi) is 4.70. The van der Waals surface area contributed by atoms with Crippen LogP contribution in [0.15, 0.2) is 71.0 Å². The molecule has 1 aliphatic heterocycles. The molecule has 1 atom stereocenters. The quantitative estimate of drug-likeness (QED) is 0.435. The van der Waals surface area contributed by atoms with Gasteiger partial charge < -0.3 is 16.0 Å². The number of aliphatic imine (C=N–C) groups is 1. The Hall–Kier alpha value is -4.47. The number of nitrogens with two attached hydrogens (primary N) is 1. The van der Waals surface area contributed by atoms with E-state index in [4.69, 9.17) is 5.73 Å². The minimum absolute atomic E-state index is 0.182. The van der Waals surface area contributed by atoms with E-state index in [1.54, 1.807) is 35.3 Å². The second kappa shape index (κ2) is 7.59. The maximum Gasteiger partial charge on any atom is 0.332 e. The van der Waals surface area contributed by atoms with Gasteiger partial charge in [-0.25, -0.2) is 24.0 Å². The lowest BCUT2D eigenvalue weighted by molar-refractivity contribution is -0.122. The fourth-order valence-electron chi connectivity index (χ4n) is 4.05. The Bertz CT molecular complexity index is 1410. The first-order chi connectivity index (χ1) is 15.9. The van der Waals surface area contributed by atoms with Crippen molar-refractivity contribution in [3.8, 4) is 11.4 Å². The molecule has 0 radical (unpaired) electrons. The molecule has 10 heteroatoms. The number of nitrogens with one attached hydrogen (secondary N) is 2. The molecule has 2 aromatic carbocycles. The highest BCUT2D eigenvalue weighted by atomic mass is 16.2. The molecule has 1 unspecified atom stereocenters. The highest BCUT2D eigenvalue weighted by Gasteiger charge is 2.42. The largest absolute Gasteiger partial charge is 0.366 e. The molecule has 0 bridgehead atoms. The van der Waals surface area contributed by atoms with Gasteiger partial charge in [0.1, 0.15) is 24.2 Å². The molecule has 33 heavy (non-hydrogen) atoms. The van der Waals surface area contributed by atoms with Crippen molar-refractivity contribution in [1.82, 2.24) is 24.3 Å². The molecule has 4 N–H and O–H groups in total. The number of carbonyl (C=O) groups excluding carboxylic acids is 1. The average molecular weight is 442 g/mol. The first-order valence-electron chi connectivity index (χ1n) is 10.4. The number of nitrogens with zero attached hydrogens (tertiary/aromatic N) is 5. The van der Waals surface area contributed by atoms with Gasteiger partial charge in [-0.1, -0.05) is 44.2 Å². The molecule has 0 saturated carbocycles. The summed E-state index contributed by atoms with van der Waals surface area (Å²) in [6.07, 6.45) is 4.48. The van der Waals surface area contributed by atoms with Crippen molar-refractivity contribution >= 4 is 17.9 Å². The first kappa shape index (κ1) is 20.4. The SMILES string of the molecule is CC(C)c1ccccc1-n1c2c([nH]c1=O)C=NC(C(N)=O)(c1ccc(-n3cncn3)cc1)N2. The van der Waals surface area contributed by atoms with Gasteiger partial charge >= 0.3 is 5.69 Å². The number of aromatic nitrogens is 5. The van der Waals surface area contributed by atoms with Crippen molar-refractivity contribution in [2.75, 3.05) is 5.32 Å². The number of para-hydroxylation sites is 1. The van der Waals surface area contributed by atoms with E-state index in [9.17, 15) is 9.59 Å². The van der Waals surface area contributed by atoms with E-state index in [1.807, 2.05) is 24.3 Å². The maximum absolute atomic E-state index is 12.9. The first-order valence-corrected chi connectivity index (χ1v) is 10.4. The van der Waals surface area contributed by atoms with Crippen LogP contribution in [0.5, 0.6) is 0 Å². The molecule has 4 aromatic rings. The van der Waals surface area contributed by atoms with Gasteiger partial charge in [0.15, 0.2) is 0 Å². The predicted octanol–water partition coefficient (Wildman–Crippen LogP) is 2.05. The van der Waals surface area contributed by atoms with E-state index >= 15 is 0 Å². The number of imidazole rings is 1. The smallest absolute Gasteiger partial charge is 0.332 e. The highest BCUT2D eigenvalue weighted by molar-refractivity contribution is 5.97. The van der Waals surface area contributed by atoms with Crippen LogP contribution >= 0.6 is 0 Å². The Morgan fingerprint density at radius 1 is 1.12 bits per heavy atom. The van der Waals surface area contributed by atoms with Crippen molar-refractivity contribution in [3.05, 3.63) is 88.5 Å². The zero-order valence-corrected chi connectivity index (χ0v) is 18.1. The van der Waals surface area contributed by atoms with Gasteiger partial charge in [0.2, 0.25) is 5.66 Å². The zero-order valence-electron chi connectivity index (χ0n) is 18.1. The standard InChI is InChI=1S/C23H22N8O2/c1-14(2)17-5-3-4-6-19(17)31-20-18(28-22(31)33)11-26-23(29-20,21(24)32)15-7-9-16(10-8-15)30-13-25-12-27-30/h3-14,29H,1-2H3,(H2,24,32)(H,28,33). The van der Waals surface area contributed by atoms with Crippen LogP contribution in [0, 0.1) is 0 Å². The van der Waals surface area contributed by atoms with E-state index in [1.165, 1.54) is 17.1 Å². The number of carbonyl (C=O) groups is 1. The number of benzene rings is 2. The van der Waals surface area contributed by atoms with E-state index in [0.717, 1.165) is 16.9 Å². The maximum atomic E-state index is 12.9. The molecular weight excluding hydrogens is 420 g/mol. The van der Waals surface area contributed by atoms with Gasteiger partial charge in [-0.2, -0.15) is 5.10 Å². The zero-order chi connectivity index (χ0) is 23.2. The number of aromatic amines is 1. The molecular formula is C23H22N8O2. The van der Waals surface area contributed by atoms with Crippen LogP contribution in [0.4, 0.5) is 5.82 Å². The molecule has 166 valence electrons. The molecule has 0 fully saturated rings. The summed E-state index contributed by atoms with van der Waals surface area (Å²) in [6, 6.07) is 14.7. The number of rotatable bonds is 5. The van der Waals surface area contributed by atoms with Crippen LogP contribution in [-0.2, 0) is 10.5 Å². The lowest BCUT2D eigenvalue weighted by atomic mass is 9.97. The predicted molar refractivity (Wildman–Crippen MR) is 124 cm³/mol. The number of fused-ring (bicyclic) bond motifs is 1. The number of primary amides is 1. The van der Waals surface area contributed by atoms with Gasteiger partial charge in [-0.05, 0) is 29.7 Å². The van der Waals surface area contributed by atoms with E-state index in [2.05, 4.69) is 39.2 Å². The minimum Gasteiger partial charge on any atom is -0.366 e. The van der Waals surface area contributed by atoms with Crippen LogP contribution in [0.3, 0.4) is 0 Å². The topological polar surface area (TPSA) is 136 Å². The van der Waals surface area contributed by atoms with Crippen molar-refractivity contribution < 1.29 is 4.79 Å². The summed E-state index contributed by atoms with van der Waals surface area (Å²) < 4.78 is 3.13. The minimum atomic E-state index is -1.59. The molecule has 5 rings (SSSR count). The lowest BCUT2D eigenvalue weighted by Gasteiger charge is -2.32. The van der Waals surface area contributed by atoms with E-state index < -0.39 is 11.6 Å². The van der Waals surface area contributed by atoms with Gasteiger partial charge in [-0.3, -0.25) is 4.79 Å². The normalized spacial score (nSPS) is 17.1. The van der Waals surface area contributed by atoms with Crippen molar-refractivity contribution in [2.45, 2.75) is 25.4 Å². The summed E-state index contributed by atoms with van der Waals surface area (Å²) in [4.78, 5) is 36.9. The van der Waals surface area contributed by atoms with Gasteiger partial charge in [0.25, 0.3) is 5.91 Å². The highest BCUT2D eigenvalue weighted by Crippen LogP contribution is 2.34. The number of H-pyrrole nitrogens is 1. The lowest BCUT2D eigenvalue weighted by Crippen LogP contribution is -2.48. The van der Waals surface area contributed by atoms with Crippen molar-refractivity contribution in [1.29, 1.82) is 0 Å². The third-order valence-corrected chi connectivity index (χ3v) is 5.73. The number of amides is 1. The van der Waals surface area contributed by atoms with Crippen LogP contribution in [0.2, 0.25) is 0 Å². The molecule has 1 amide bonds. The fraction of sp³-hybridized carbons (Fsp3) is 0.174. The summed E-state index contributed by atoms with van der Waals surface area (Å²) >= 11 is 0. The summed E-state index contributed by atoms with van der Waals surface area (Å²) in [5.41, 5.74) is 7.40. The summed E-state index contributed by atoms with van der Waals surface area (Å²) in [5.74, 6) is -0.0985. The monoisotopic (exact) mass is 442 g/mol. The third-order valence-electron chi connectivity index (χ3n) is 5.73. The second-order valence-corrected chi connectivity index (χ2v) is 8.09. The van der Waals surface area contributed by atoms with Crippen LogP contribution < -0.4 is 16.7 Å². The molecule has 0 spiro atoms. The number of anilines is 1. The third kappa shape index (κ3) is 3.23. The van der Waals surface area contributed by atoms with Crippen molar-refractivity contribution in [2.24, 2.45) is 10.7 Å². The second-order valence-electron chi connectivity index (χ2n) is 8.09. The van der Waals surface area contributed by atoms with Gasteiger partial charge in [0, 0.05) is 5.56 Å². The van der Waals surface area contributed by atoms with Crippen LogP contribution in [-0.4, -0.2) is 36.4 Å². The summed E-state index contributed by atoms with van der Waals surface area (Å²) in [7, 11) is 0. The molecule has 3 heterocycles. The van der Waals surface area contributed by atoms with Gasteiger partial charge in [0.05, 0.1) is 17.6 Å². The Morgan fingerprint density at radius 3 is 2.55 bits per heavy atom. The Morgan fingerprint density at radius 2 is 1.88 bits per heavy atom. The summed E-state index contributed by atoms with van der Waals surface area (Å²) in [5, 5.41) is 7.27. The average Bonchev–Trinajstić information content (AvgIpc) is 3.46. The van der Waals surface area contributed by atoms with E-state index in [-0.39, 0.29) is 11.6 Å².